The molecule has 0 unspecified atom stereocenters. The highest BCUT2D eigenvalue weighted by atomic mass is 16.4. The average molecular weight is 254 g/mol. The molecule has 1 N–H and O–H groups in total. The van der Waals surface area contributed by atoms with E-state index in [1.165, 1.54) is 4.90 Å². The fraction of sp³-hybridized carbons (Fsp3) is 0.846. The van der Waals surface area contributed by atoms with Crippen LogP contribution in [0, 0.1) is 11.8 Å². The summed E-state index contributed by atoms with van der Waals surface area (Å²) in [6.45, 7) is 3.41. The number of nitrogens with zero attached hydrogens (tertiary/aromatic N) is 1. The number of rotatable bonds is 2. The summed E-state index contributed by atoms with van der Waals surface area (Å²) in [6, 6.07) is 0. The number of carboxylic acid groups (broad SMARTS) is 1. The van der Waals surface area contributed by atoms with Crippen molar-refractivity contribution in [3.8, 4) is 0 Å². The Bertz CT molecular complexity index is 324. The van der Waals surface area contributed by atoms with Crippen LogP contribution in [0.4, 0.5) is 0 Å². The third-order valence-electron chi connectivity index (χ3n) is 4.31. The van der Waals surface area contributed by atoms with E-state index in [9.17, 15) is 14.7 Å². The Hall–Kier alpha value is -1.10. The lowest BCUT2D eigenvalue weighted by molar-refractivity contribution is -0.883. The summed E-state index contributed by atoms with van der Waals surface area (Å²) in [5.41, 5.74) is 0. The standard InChI is InChI=1S/C13H22N2O3/c1-14-6-8-15(9-7-14)12(16)10-4-2-3-5-11(10)13(17)18/h10-11H,2-9H2,1H3,(H,17,18)/t10-,11-/m1/s1. The van der Waals surface area contributed by atoms with Gasteiger partial charge in [0.15, 0.2) is 0 Å². The van der Waals surface area contributed by atoms with Crippen molar-refractivity contribution < 1.29 is 19.6 Å². The van der Waals surface area contributed by atoms with Crippen molar-refractivity contribution in [2.24, 2.45) is 11.8 Å². The second-order valence-electron chi connectivity index (χ2n) is 5.60. The van der Waals surface area contributed by atoms with Crippen molar-refractivity contribution >= 4 is 11.9 Å². The second kappa shape index (κ2) is 5.69. The van der Waals surface area contributed by atoms with Crippen LogP contribution in [0.3, 0.4) is 0 Å². The SMILES string of the molecule is C[NH+]1CCN(C(=O)[C@@H]2CCCC[C@H]2C(=O)[O-])CC1. The van der Waals surface area contributed by atoms with Gasteiger partial charge in [-0.05, 0) is 12.8 Å². The Morgan fingerprint density at radius 2 is 1.67 bits per heavy atom. The molecule has 2 fully saturated rings. The minimum Gasteiger partial charge on any atom is -0.550 e. The van der Waals surface area contributed by atoms with E-state index in [-0.39, 0.29) is 11.8 Å². The molecule has 2 atom stereocenters. The van der Waals surface area contributed by atoms with Crippen molar-refractivity contribution in [3.63, 3.8) is 0 Å². The van der Waals surface area contributed by atoms with Crippen LogP contribution in [-0.2, 0) is 9.59 Å². The molecule has 18 heavy (non-hydrogen) atoms. The van der Waals surface area contributed by atoms with Crippen LogP contribution in [0.2, 0.25) is 0 Å². The normalized spacial score (nSPS) is 30.2. The summed E-state index contributed by atoms with van der Waals surface area (Å²) >= 11 is 0. The number of carbonyl (C=O) groups excluding carboxylic acids is 2. The lowest BCUT2D eigenvalue weighted by Gasteiger charge is -2.37. The number of carboxylic acids is 1. The van der Waals surface area contributed by atoms with Crippen molar-refractivity contribution in [1.82, 2.24) is 4.90 Å². The maximum Gasteiger partial charge on any atom is 0.226 e. The third kappa shape index (κ3) is 2.83. The van der Waals surface area contributed by atoms with Gasteiger partial charge in [-0.3, -0.25) is 4.79 Å². The van der Waals surface area contributed by atoms with E-state index >= 15 is 0 Å². The van der Waals surface area contributed by atoms with Crippen LogP contribution in [-0.4, -0.2) is 50.0 Å². The van der Waals surface area contributed by atoms with E-state index in [4.69, 9.17) is 0 Å². The Morgan fingerprint density at radius 1 is 1.11 bits per heavy atom. The Balaban J connectivity index is 2.00. The smallest absolute Gasteiger partial charge is 0.226 e. The van der Waals surface area contributed by atoms with Gasteiger partial charge in [-0.15, -0.1) is 0 Å². The molecule has 0 bridgehead atoms. The minimum atomic E-state index is -1.05. The van der Waals surface area contributed by atoms with Gasteiger partial charge < -0.3 is 19.7 Å². The molecule has 1 saturated heterocycles. The number of nitrogens with one attached hydrogen (secondary N) is 1. The van der Waals surface area contributed by atoms with E-state index in [0.29, 0.717) is 12.8 Å². The zero-order valence-corrected chi connectivity index (χ0v) is 11.0. The molecule has 0 aromatic heterocycles. The number of quaternary nitrogens is 1. The maximum absolute atomic E-state index is 12.4. The van der Waals surface area contributed by atoms with Gasteiger partial charge in [-0.25, -0.2) is 0 Å². The molecule has 0 radical (unpaired) electrons. The lowest BCUT2D eigenvalue weighted by Crippen LogP contribution is -3.12. The first kappa shape index (κ1) is 13.3. The van der Waals surface area contributed by atoms with Crippen molar-refractivity contribution in [1.29, 1.82) is 0 Å². The highest BCUT2D eigenvalue weighted by Gasteiger charge is 2.35. The summed E-state index contributed by atoms with van der Waals surface area (Å²) < 4.78 is 0. The zero-order valence-electron chi connectivity index (χ0n) is 11.0. The largest absolute Gasteiger partial charge is 0.550 e. The summed E-state index contributed by atoms with van der Waals surface area (Å²) in [5.74, 6) is -1.93. The van der Waals surface area contributed by atoms with E-state index in [2.05, 4.69) is 7.05 Å². The molecule has 1 heterocycles. The molecule has 0 spiro atoms. The van der Waals surface area contributed by atoms with Gasteiger partial charge in [-0.1, -0.05) is 12.8 Å². The van der Waals surface area contributed by atoms with E-state index in [0.717, 1.165) is 39.0 Å². The first-order valence-corrected chi connectivity index (χ1v) is 6.90. The fourth-order valence-electron chi connectivity index (χ4n) is 3.05. The number of aliphatic carboxylic acids is 1. The van der Waals surface area contributed by atoms with Crippen molar-refractivity contribution in [2.75, 3.05) is 33.2 Å². The summed E-state index contributed by atoms with van der Waals surface area (Å²) in [5, 5.41) is 11.1. The van der Waals surface area contributed by atoms with Crippen LogP contribution in [0.15, 0.2) is 0 Å². The first-order chi connectivity index (χ1) is 8.59. The van der Waals surface area contributed by atoms with Crippen molar-refractivity contribution in [2.45, 2.75) is 25.7 Å². The van der Waals surface area contributed by atoms with E-state index < -0.39 is 11.9 Å². The molecule has 1 aliphatic carbocycles. The lowest BCUT2D eigenvalue weighted by atomic mass is 9.78. The van der Waals surface area contributed by atoms with Crippen LogP contribution in [0.25, 0.3) is 0 Å². The van der Waals surface area contributed by atoms with E-state index in [1.807, 2.05) is 4.90 Å². The number of likely N-dealkylation sites (N-methyl/N-ethyl adjacent to an activating group) is 1. The Kier molecular flexibility index (Phi) is 4.22. The molecule has 102 valence electrons. The predicted molar refractivity (Wildman–Crippen MR) is 63.7 cm³/mol. The monoisotopic (exact) mass is 254 g/mol. The summed E-state index contributed by atoms with van der Waals surface area (Å²) in [4.78, 5) is 26.8. The summed E-state index contributed by atoms with van der Waals surface area (Å²) in [6.07, 6.45) is 3.16. The van der Waals surface area contributed by atoms with Crippen LogP contribution in [0.1, 0.15) is 25.7 Å². The molecular formula is C13H22N2O3. The van der Waals surface area contributed by atoms with Gasteiger partial charge in [0.1, 0.15) is 0 Å². The number of amides is 1. The minimum absolute atomic E-state index is 0.0383. The quantitative estimate of drug-likeness (QED) is 0.614. The van der Waals surface area contributed by atoms with Crippen LogP contribution < -0.4 is 10.0 Å². The Morgan fingerprint density at radius 3 is 2.22 bits per heavy atom. The molecule has 5 heteroatoms. The topological polar surface area (TPSA) is 64.9 Å². The molecule has 1 amide bonds. The third-order valence-corrected chi connectivity index (χ3v) is 4.31. The molecule has 1 saturated carbocycles. The van der Waals surface area contributed by atoms with Crippen LogP contribution in [0.5, 0.6) is 0 Å². The number of carbonyl (C=O) groups is 2. The Labute approximate surface area is 108 Å². The van der Waals surface area contributed by atoms with Gasteiger partial charge in [0.25, 0.3) is 0 Å². The highest BCUT2D eigenvalue weighted by Crippen LogP contribution is 2.31. The fourth-order valence-corrected chi connectivity index (χ4v) is 3.05. The zero-order chi connectivity index (χ0) is 13.1. The molecule has 0 aromatic carbocycles. The van der Waals surface area contributed by atoms with Gasteiger partial charge in [0, 0.05) is 17.8 Å². The first-order valence-electron chi connectivity index (χ1n) is 6.90. The van der Waals surface area contributed by atoms with Gasteiger partial charge in [0.05, 0.1) is 33.2 Å². The van der Waals surface area contributed by atoms with Gasteiger partial charge >= 0.3 is 0 Å². The molecule has 5 nitrogen and oxygen atoms in total. The van der Waals surface area contributed by atoms with E-state index in [1.54, 1.807) is 0 Å². The predicted octanol–water partition coefficient (Wildman–Crippen LogP) is -2.10. The van der Waals surface area contributed by atoms with Crippen LogP contribution >= 0.6 is 0 Å². The highest BCUT2D eigenvalue weighted by molar-refractivity contribution is 5.84. The average Bonchev–Trinajstić information content (AvgIpc) is 2.39. The second-order valence-corrected chi connectivity index (χ2v) is 5.60. The summed E-state index contributed by atoms with van der Waals surface area (Å²) in [7, 11) is 2.12. The molecule has 1 aliphatic heterocycles. The van der Waals surface area contributed by atoms with Gasteiger partial charge in [-0.2, -0.15) is 0 Å². The maximum atomic E-state index is 12.4. The molecular weight excluding hydrogens is 232 g/mol. The molecule has 0 aromatic rings. The molecule has 2 rings (SSSR count). The van der Waals surface area contributed by atoms with Gasteiger partial charge in [0.2, 0.25) is 5.91 Å². The number of hydrogen-bond acceptors (Lipinski definition) is 3. The van der Waals surface area contributed by atoms with Crippen molar-refractivity contribution in [3.05, 3.63) is 0 Å². The number of piperazine rings is 1. The number of hydrogen-bond donors (Lipinski definition) is 1. The molecule has 2 aliphatic rings.